The van der Waals surface area contributed by atoms with Gasteiger partial charge in [-0.15, -0.1) is 6.58 Å². The van der Waals surface area contributed by atoms with Crippen LogP contribution in [0.5, 0.6) is 0 Å². The third-order valence-corrected chi connectivity index (χ3v) is 5.25. The predicted molar refractivity (Wildman–Crippen MR) is 107 cm³/mol. The predicted octanol–water partition coefficient (Wildman–Crippen LogP) is 3.84. The molecule has 26 heavy (non-hydrogen) atoms. The molecule has 134 valence electrons. The van der Waals surface area contributed by atoms with Crippen LogP contribution in [0.4, 0.5) is 0 Å². The molecule has 0 bridgehead atoms. The van der Waals surface area contributed by atoms with Crippen molar-refractivity contribution >= 4 is 17.5 Å². The molecule has 0 aliphatic carbocycles. The molecule has 3 rings (SSSR count). The maximum absolute atomic E-state index is 12.7. The first-order valence-electron chi connectivity index (χ1n) is 8.34. The zero-order valence-corrected chi connectivity index (χ0v) is 15.8. The van der Waals surface area contributed by atoms with Crippen LogP contribution in [0.3, 0.4) is 0 Å². The molecule has 0 amide bonds. The molecular formula is C20H22N4OS. The van der Waals surface area contributed by atoms with E-state index in [4.69, 9.17) is 5.84 Å². The van der Waals surface area contributed by atoms with Gasteiger partial charge in [0.1, 0.15) is 0 Å². The van der Waals surface area contributed by atoms with Crippen LogP contribution in [0.1, 0.15) is 21.7 Å². The molecule has 6 heteroatoms. The van der Waals surface area contributed by atoms with Crippen LogP contribution in [0.15, 0.2) is 60.4 Å². The first kappa shape index (κ1) is 18.1. The summed E-state index contributed by atoms with van der Waals surface area (Å²) in [6, 6.07) is 11.8. The zero-order chi connectivity index (χ0) is 18.7. The minimum atomic E-state index is 0.0719. The number of benzene rings is 1. The number of ketones is 1. The fourth-order valence-corrected chi connectivity index (χ4v) is 3.71. The molecule has 0 unspecified atom stereocenters. The number of aryl methyl sites for hydroxylation is 1. The van der Waals surface area contributed by atoms with Crippen LogP contribution < -0.4 is 5.84 Å². The van der Waals surface area contributed by atoms with E-state index in [1.807, 2.05) is 56.3 Å². The van der Waals surface area contributed by atoms with E-state index in [1.165, 1.54) is 16.4 Å². The van der Waals surface area contributed by atoms with Gasteiger partial charge in [0.15, 0.2) is 10.9 Å². The third kappa shape index (κ3) is 3.60. The van der Waals surface area contributed by atoms with E-state index >= 15 is 0 Å². The van der Waals surface area contributed by atoms with Crippen LogP contribution >= 0.6 is 11.8 Å². The van der Waals surface area contributed by atoms with Crippen molar-refractivity contribution in [1.82, 2.24) is 14.2 Å². The van der Waals surface area contributed by atoms with E-state index < -0.39 is 0 Å². The van der Waals surface area contributed by atoms with Crippen molar-refractivity contribution in [3.8, 4) is 11.3 Å². The number of hydrogen-bond donors (Lipinski definition) is 1. The van der Waals surface area contributed by atoms with Crippen LogP contribution in [0.25, 0.3) is 11.3 Å². The molecule has 0 fully saturated rings. The monoisotopic (exact) mass is 366 g/mol. The molecule has 0 atom stereocenters. The second-order valence-electron chi connectivity index (χ2n) is 6.08. The van der Waals surface area contributed by atoms with Crippen molar-refractivity contribution in [2.45, 2.75) is 25.5 Å². The van der Waals surface area contributed by atoms with Crippen LogP contribution in [-0.4, -0.2) is 25.8 Å². The standard InChI is InChI=1S/C20H22N4OS/c1-4-10-23-14(2)11-17(15(23)3)19(25)13-26-20-22-18(12-24(20)21)16-8-6-5-7-9-16/h4-9,11-12H,1,10,13,21H2,2-3H3. The van der Waals surface area contributed by atoms with Gasteiger partial charge < -0.3 is 10.4 Å². The van der Waals surface area contributed by atoms with E-state index in [9.17, 15) is 4.79 Å². The molecular weight excluding hydrogens is 344 g/mol. The van der Waals surface area contributed by atoms with Gasteiger partial charge in [0.2, 0.25) is 0 Å². The largest absolute Gasteiger partial charge is 0.345 e. The molecule has 1 aromatic carbocycles. The number of thioether (sulfide) groups is 1. The number of nitrogens with zero attached hydrogens (tertiary/aromatic N) is 3. The minimum Gasteiger partial charge on any atom is -0.345 e. The number of allylic oxidation sites excluding steroid dienone is 1. The van der Waals surface area contributed by atoms with Gasteiger partial charge >= 0.3 is 0 Å². The number of nitrogen functional groups attached to an aromatic ring is 1. The van der Waals surface area contributed by atoms with Gasteiger partial charge in [-0.1, -0.05) is 48.2 Å². The lowest BCUT2D eigenvalue weighted by Crippen LogP contribution is -2.10. The number of Topliss-reactive ketones (excluding diaryl/α,β-unsaturated/α-hetero) is 1. The lowest BCUT2D eigenvalue weighted by molar-refractivity contribution is 0.102. The van der Waals surface area contributed by atoms with E-state index in [0.717, 1.165) is 28.2 Å². The number of carbonyl (C=O) groups excluding carboxylic acids is 1. The van der Waals surface area contributed by atoms with Gasteiger partial charge in [0.05, 0.1) is 17.6 Å². The topological polar surface area (TPSA) is 65.8 Å². The summed E-state index contributed by atoms with van der Waals surface area (Å²) in [5.41, 5.74) is 4.57. The summed E-state index contributed by atoms with van der Waals surface area (Å²) in [7, 11) is 0. The van der Waals surface area contributed by atoms with Crippen molar-refractivity contribution in [2.75, 3.05) is 11.6 Å². The number of imidazole rings is 1. The normalized spacial score (nSPS) is 10.8. The molecule has 0 saturated heterocycles. The molecule has 0 spiro atoms. The summed E-state index contributed by atoms with van der Waals surface area (Å²) < 4.78 is 3.56. The maximum atomic E-state index is 12.7. The SMILES string of the molecule is C=CCn1c(C)cc(C(=O)CSc2nc(-c3ccccc3)cn2N)c1C. The molecule has 3 aromatic rings. The van der Waals surface area contributed by atoms with Crippen molar-refractivity contribution in [1.29, 1.82) is 0 Å². The summed E-state index contributed by atoms with van der Waals surface area (Å²) in [4.78, 5) is 17.2. The van der Waals surface area contributed by atoms with Gasteiger partial charge in [0.25, 0.3) is 0 Å². The Labute approximate surface area is 157 Å². The Hall–Kier alpha value is -2.73. The Morgan fingerprint density at radius 2 is 2.04 bits per heavy atom. The lowest BCUT2D eigenvalue weighted by atomic mass is 10.2. The number of nitrogens with two attached hydrogens (primary N) is 1. The van der Waals surface area contributed by atoms with Gasteiger partial charge in [-0.2, -0.15) is 0 Å². The summed E-state index contributed by atoms with van der Waals surface area (Å²) in [5.74, 6) is 6.37. The first-order valence-corrected chi connectivity index (χ1v) is 9.33. The Kier molecular flexibility index (Phi) is 5.32. The average Bonchev–Trinajstić information content (AvgIpc) is 3.15. The van der Waals surface area contributed by atoms with Gasteiger partial charge in [-0.05, 0) is 19.9 Å². The number of aromatic nitrogens is 3. The molecule has 2 N–H and O–H groups in total. The summed E-state index contributed by atoms with van der Waals surface area (Å²) in [6.45, 7) is 8.43. The van der Waals surface area contributed by atoms with Crippen LogP contribution in [0.2, 0.25) is 0 Å². The minimum absolute atomic E-state index is 0.0719. The zero-order valence-electron chi connectivity index (χ0n) is 15.0. The molecule has 2 heterocycles. The Bertz CT molecular complexity index is 940. The van der Waals surface area contributed by atoms with E-state index in [-0.39, 0.29) is 5.78 Å². The van der Waals surface area contributed by atoms with E-state index in [0.29, 0.717) is 17.5 Å². The van der Waals surface area contributed by atoms with Crippen molar-refractivity contribution in [2.24, 2.45) is 0 Å². The first-order chi connectivity index (χ1) is 12.5. The highest BCUT2D eigenvalue weighted by atomic mass is 32.2. The highest BCUT2D eigenvalue weighted by molar-refractivity contribution is 7.99. The highest BCUT2D eigenvalue weighted by Crippen LogP contribution is 2.24. The van der Waals surface area contributed by atoms with Gasteiger partial charge in [-0.25, -0.2) is 9.66 Å². The van der Waals surface area contributed by atoms with Gasteiger partial charge in [0, 0.05) is 29.1 Å². The molecule has 0 radical (unpaired) electrons. The highest BCUT2D eigenvalue weighted by Gasteiger charge is 2.17. The maximum Gasteiger partial charge on any atom is 0.187 e. The Balaban J connectivity index is 1.74. The second-order valence-corrected chi connectivity index (χ2v) is 7.02. The molecule has 2 aromatic heterocycles. The van der Waals surface area contributed by atoms with Gasteiger partial charge in [-0.3, -0.25) is 4.79 Å². The third-order valence-electron chi connectivity index (χ3n) is 4.29. The lowest BCUT2D eigenvalue weighted by Gasteiger charge is -2.06. The molecule has 0 saturated carbocycles. The summed E-state index contributed by atoms with van der Waals surface area (Å²) in [5, 5.41) is 0.622. The number of hydrogen-bond acceptors (Lipinski definition) is 4. The fraction of sp³-hybridized carbons (Fsp3) is 0.200. The van der Waals surface area contributed by atoms with E-state index in [2.05, 4.69) is 16.1 Å². The molecule has 5 nitrogen and oxygen atoms in total. The van der Waals surface area contributed by atoms with Crippen molar-refractivity contribution < 1.29 is 4.79 Å². The summed E-state index contributed by atoms with van der Waals surface area (Å²) in [6.07, 6.45) is 3.61. The Morgan fingerprint density at radius 1 is 1.31 bits per heavy atom. The number of carbonyl (C=O) groups is 1. The van der Waals surface area contributed by atoms with Crippen molar-refractivity contribution in [3.63, 3.8) is 0 Å². The van der Waals surface area contributed by atoms with Crippen molar-refractivity contribution in [3.05, 3.63) is 72.2 Å². The van der Waals surface area contributed by atoms with E-state index in [1.54, 1.807) is 6.20 Å². The smallest absolute Gasteiger partial charge is 0.187 e. The number of rotatable bonds is 7. The fourth-order valence-electron chi connectivity index (χ4n) is 2.93. The second kappa shape index (κ2) is 7.66. The average molecular weight is 366 g/mol. The summed E-state index contributed by atoms with van der Waals surface area (Å²) >= 11 is 1.35. The molecule has 0 aliphatic rings. The van der Waals surface area contributed by atoms with Crippen LogP contribution in [0, 0.1) is 13.8 Å². The quantitative estimate of drug-likeness (QED) is 0.299. The molecule has 0 aliphatic heterocycles. The van der Waals surface area contributed by atoms with Crippen LogP contribution in [-0.2, 0) is 6.54 Å². The Morgan fingerprint density at radius 3 is 2.73 bits per heavy atom.